The first-order chi connectivity index (χ1) is 16.6. The minimum Gasteiger partial charge on any atom is -0.493 e. The molecule has 8 nitrogen and oxygen atoms in total. The summed E-state index contributed by atoms with van der Waals surface area (Å²) >= 11 is 1.65. The number of amides is 2. The maximum atomic E-state index is 13.2. The topological polar surface area (TPSA) is 100 Å². The third-order valence-corrected chi connectivity index (χ3v) is 7.73. The molecule has 2 fully saturated rings. The van der Waals surface area contributed by atoms with E-state index in [1.807, 2.05) is 23.6 Å². The Morgan fingerprint density at radius 2 is 2.00 bits per heavy atom. The highest BCUT2D eigenvalue weighted by Crippen LogP contribution is 2.26. The second kappa shape index (κ2) is 10.4. The molecule has 34 heavy (non-hydrogen) atoms. The first-order valence-corrected chi connectivity index (χ1v) is 12.8. The van der Waals surface area contributed by atoms with Crippen molar-refractivity contribution in [3.05, 3.63) is 52.2 Å². The SMILES string of the molecule is O=C1N[C@H]2C[C@@H](C(=O)NC[C@H]3O[C@H](CCOc4ccccc41)CC[C@@H]3O)N(Cc1cccs1)C2. The maximum Gasteiger partial charge on any atom is 0.255 e. The van der Waals surface area contributed by atoms with Crippen LogP contribution >= 0.6 is 11.3 Å². The number of nitrogens with one attached hydrogen (secondary N) is 2. The van der Waals surface area contributed by atoms with Crippen LogP contribution in [0, 0.1) is 0 Å². The van der Waals surface area contributed by atoms with E-state index >= 15 is 0 Å². The van der Waals surface area contributed by atoms with E-state index in [0.717, 1.165) is 6.42 Å². The summed E-state index contributed by atoms with van der Waals surface area (Å²) in [5.41, 5.74) is 0.491. The fraction of sp³-hybridized carbons (Fsp3) is 0.520. The second-order valence-electron chi connectivity index (χ2n) is 9.25. The van der Waals surface area contributed by atoms with Crippen molar-refractivity contribution in [2.45, 2.75) is 62.6 Å². The van der Waals surface area contributed by atoms with Gasteiger partial charge in [-0.3, -0.25) is 14.5 Å². The number of carbonyl (C=O) groups excluding carboxylic acids is 2. The van der Waals surface area contributed by atoms with E-state index in [4.69, 9.17) is 9.47 Å². The number of ether oxygens (including phenoxy) is 2. The molecule has 4 bridgehead atoms. The molecule has 9 heteroatoms. The van der Waals surface area contributed by atoms with Gasteiger partial charge in [-0.1, -0.05) is 18.2 Å². The van der Waals surface area contributed by atoms with Gasteiger partial charge in [-0.25, -0.2) is 0 Å². The van der Waals surface area contributed by atoms with E-state index in [1.165, 1.54) is 4.88 Å². The number of carbonyl (C=O) groups is 2. The molecular weight excluding hydrogens is 454 g/mol. The average Bonchev–Trinajstić information content (AvgIpc) is 3.49. The van der Waals surface area contributed by atoms with Crippen LogP contribution in [0.5, 0.6) is 5.75 Å². The molecule has 2 aromatic rings. The van der Waals surface area contributed by atoms with Gasteiger partial charge in [0, 0.05) is 37.0 Å². The Hall–Kier alpha value is -2.46. The van der Waals surface area contributed by atoms with Crippen molar-refractivity contribution in [2.75, 3.05) is 19.7 Å². The highest BCUT2D eigenvalue weighted by Gasteiger charge is 2.39. The molecular formula is C25H31N3O5S. The lowest BCUT2D eigenvalue weighted by Gasteiger charge is -2.34. The van der Waals surface area contributed by atoms with Gasteiger partial charge in [-0.05, 0) is 42.8 Å². The van der Waals surface area contributed by atoms with Gasteiger partial charge in [-0.15, -0.1) is 11.3 Å². The molecule has 5 atom stereocenters. The lowest BCUT2D eigenvalue weighted by Crippen LogP contribution is -2.50. The molecule has 0 unspecified atom stereocenters. The zero-order valence-electron chi connectivity index (χ0n) is 19.0. The lowest BCUT2D eigenvalue weighted by atomic mass is 9.99. The first-order valence-electron chi connectivity index (χ1n) is 12.0. The number of rotatable bonds is 2. The Bertz CT molecular complexity index is 1000. The third-order valence-electron chi connectivity index (χ3n) is 6.87. The molecule has 4 heterocycles. The standard InChI is InChI=1S/C25H31N3O5S/c29-21-8-7-17-9-10-32-22-6-2-1-5-19(22)24(30)27-16-12-20(25(31)26-13-23(21)33-17)28(14-16)15-18-4-3-11-34-18/h1-6,11,16-17,20-21,23,29H,7-10,12-15H2,(H,26,31)(H,27,30)/t16-,17-,20-,21-,23+/m0/s1. The Kier molecular flexibility index (Phi) is 7.15. The molecule has 3 N–H and O–H groups in total. The van der Waals surface area contributed by atoms with Crippen molar-refractivity contribution in [1.29, 1.82) is 0 Å². The van der Waals surface area contributed by atoms with Crippen LogP contribution in [0.2, 0.25) is 0 Å². The van der Waals surface area contributed by atoms with E-state index in [9.17, 15) is 14.7 Å². The average molecular weight is 486 g/mol. The second-order valence-corrected chi connectivity index (χ2v) is 10.3. The van der Waals surface area contributed by atoms with Crippen molar-refractivity contribution < 1.29 is 24.2 Å². The molecule has 3 aliphatic heterocycles. The monoisotopic (exact) mass is 485 g/mol. The predicted molar refractivity (Wildman–Crippen MR) is 128 cm³/mol. The van der Waals surface area contributed by atoms with Gasteiger partial charge in [0.25, 0.3) is 5.91 Å². The van der Waals surface area contributed by atoms with E-state index in [0.29, 0.717) is 50.3 Å². The zero-order valence-corrected chi connectivity index (χ0v) is 19.8. The van der Waals surface area contributed by atoms with Gasteiger partial charge in [0.15, 0.2) is 0 Å². The van der Waals surface area contributed by atoms with Gasteiger partial charge < -0.3 is 25.2 Å². The smallest absolute Gasteiger partial charge is 0.255 e. The molecule has 0 saturated carbocycles. The van der Waals surface area contributed by atoms with E-state index in [1.54, 1.807) is 23.5 Å². The van der Waals surface area contributed by atoms with Crippen LogP contribution < -0.4 is 15.4 Å². The number of hydrogen-bond acceptors (Lipinski definition) is 7. The predicted octanol–water partition coefficient (Wildman–Crippen LogP) is 1.93. The van der Waals surface area contributed by atoms with Gasteiger partial charge in [0.2, 0.25) is 5.91 Å². The first kappa shape index (κ1) is 23.3. The molecule has 3 aliphatic rings. The van der Waals surface area contributed by atoms with Crippen LogP contribution in [-0.4, -0.2) is 71.9 Å². The van der Waals surface area contributed by atoms with Crippen LogP contribution in [0.25, 0.3) is 0 Å². The molecule has 1 aromatic heterocycles. The van der Waals surface area contributed by atoms with Crippen LogP contribution in [0.3, 0.4) is 0 Å². The van der Waals surface area contributed by atoms with Crippen LogP contribution in [0.4, 0.5) is 0 Å². The number of likely N-dealkylation sites (tertiary alicyclic amines) is 1. The highest BCUT2D eigenvalue weighted by atomic mass is 32.1. The van der Waals surface area contributed by atoms with Crippen molar-refractivity contribution in [2.24, 2.45) is 0 Å². The zero-order chi connectivity index (χ0) is 23.5. The number of aliphatic hydroxyl groups is 1. The van der Waals surface area contributed by atoms with Gasteiger partial charge >= 0.3 is 0 Å². The number of nitrogens with zero attached hydrogens (tertiary/aromatic N) is 1. The summed E-state index contributed by atoms with van der Waals surface area (Å²) in [6, 6.07) is 10.8. The van der Waals surface area contributed by atoms with Crippen molar-refractivity contribution in [3.63, 3.8) is 0 Å². The number of benzene rings is 1. The minimum atomic E-state index is -0.602. The Morgan fingerprint density at radius 3 is 2.85 bits per heavy atom. The molecule has 2 amide bonds. The van der Waals surface area contributed by atoms with Crippen LogP contribution in [-0.2, 0) is 16.1 Å². The molecule has 182 valence electrons. The molecule has 5 rings (SSSR count). The van der Waals surface area contributed by atoms with Gasteiger partial charge in [0.05, 0.1) is 30.4 Å². The fourth-order valence-electron chi connectivity index (χ4n) is 5.07. The number of aliphatic hydroxyl groups excluding tert-OH is 1. The maximum absolute atomic E-state index is 13.2. The fourth-order valence-corrected chi connectivity index (χ4v) is 5.80. The van der Waals surface area contributed by atoms with Gasteiger partial charge in [0.1, 0.15) is 11.9 Å². The molecule has 0 spiro atoms. The Labute approximate surface area is 203 Å². The number of thiophene rings is 1. The Morgan fingerprint density at radius 1 is 1.12 bits per heavy atom. The third kappa shape index (κ3) is 5.27. The van der Waals surface area contributed by atoms with E-state index in [2.05, 4.69) is 21.6 Å². The summed E-state index contributed by atoms with van der Waals surface area (Å²) in [6.45, 7) is 1.90. The summed E-state index contributed by atoms with van der Waals surface area (Å²) < 4.78 is 12.1. The van der Waals surface area contributed by atoms with Crippen LogP contribution in [0.1, 0.15) is 40.9 Å². The van der Waals surface area contributed by atoms with Crippen molar-refractivity contribution in [1.82, 2.24) is 15.5 Å². The van der Waals surface area contributed by atoms with Gasteiger partial charge in [-0.2, -0.15) is 0 Å². The van der Waals surface area contributed by atoms with Crippen molar-refractivity contribution in [3.8, 4) is 5.75 Å². The number of para-hydroxylation sites is 1. The number of hydrogen-bond donors (Lipinski definition) is 3. The molecule has 0 radical (unpaired) electrons. The molecule has 0 aliphatic carbocycles. The number of fused-ring (bicyclic) bond motifs is 5. The van der Waals surface area contributed by atoms with E-state index in [-0.39, 0.29) is 36.5 Å². The summed E-state index contributed by atoms with van der Waals surface area (Å²) in [7, 11) is 0. The summed E-state index contributed by atoms with van der Waals surface area (Å²) in [5.74, 6) is 0.256. The summed E-state index contributed by atoms with van der Waals surface area (Å²) in [6.07, 6.45) is 1.41. The quantitative estimate of drug-likeness (QED) is 0.601. The highest BCUT2D eigenvalue weighted by molar-refractivity contribution is 7.09. The summed E-state index contributed by atoms with van der Waals surface area (Å²) in [4.78, 5) is 29.7. The van der Waals surface area contributed by atoms with Crippen molar-refractivity contribution >= 4 is 23.2 Å². The molecule has 1 aromatic carbocycles. The molecule has 2 saturated heterocycles. The van der Waals surface area contributed by atoms with E-state index < -0.39 is 12.2 Å². The Balaban J connectivity index is 1.39. The lowest BCUT2D eigenvalue weighted by molar-refractivity contribution is -0.133. The minimum absolute atomic E-state index is 0.0645. The summed E-state index contributed by atoms with van der Waals surface area (Å²) in [5, 5.41) is 18.6. The largest absolute Gasteiger partial charge is 0.493 e. The van der Waals surface area contributed by atoms with Crippen LogP contribution in [0.15, 0.2) is 41.8 Å². The normalized spacial score (nSPS) is 30.7.